The second-order valence-corrected chi connectivity index (χ2v) is 6.01. The van der Waals surface area contributed by atoms with Crippen LogP contribution in [0, 0.1) is 0 Å². The molecule has 0 bridgehead atoms. The van der Waals surface area contributed by atoms with E-state index in [0.29, 0.717) is 6.61 Å². The number of benzene rings is 1. The number of ether oxygens (including phenoxy) is 2. The smallest absolute Gasteiger partial charge is 0.414 e. The molecule has 0 saturated carbocycles. The van der Waals surface area contributed by atoms with Gasteiger partial charge in [-0.05, 0) is 50.6 Å². The van der Waals surface area contributed by atoms with Gasteiger partial charge >= 0.3 is 11.9 Å². The minimum Gasteiger partial charge on any atom is -0.490 e. The Balaban J connectivity index is 0.000000612. The Morgan fingerprint density at radius 3 is 2.17 bits per heavy atom. The lowest BCUT2D eigenvalue weighted by Crippen LogP contribution is -2.14. The van der Waals surface area contributed by atoms with Gasteiger partial charge in [0.1, 0.15) is 5.76 Å². The highest BCUT2D eigenvalue weighted by atomic mass is 16.5. The van der Waals surface area contributed by atoms with Crippen molar-refractivity contribution in [2.45, 2.75) is 39.2 Å². The number of hydrogen-bond acceptors (Lipinski definition) is 6. The largest absolute Gasteiger partial charge is 0.490 e. The van der Waals surface area contributed by atoms with Gasteiger partial charge < -0.3 is 29.4 Å². The zero-order valence-corrected chi connectivity index (χ0v) is 16.6. The molecule has 1 heterocycles. The molecule has 8 nitrogen and oxygen atoms in total. The van der Waals surface area contributed by atoms with Gasteiger partial charge in [-0.2, -0.15) is 0 Å². The third-order valence-electron chi connectivity index (χ3n) is 3.72. The van der Waals surface area contributed by atoms with Crippen LogP contribution in [0.4, 0.5) is 0 Å². The Hall–Kier alpha value is -3.00. The lowest BCUT2D eigenvalue weighted by molar-refractivity contribution is -0.159. The van der Waals surface area contributed by atoms with Crippen LogP contribution in [0.2, 0.25) is 0 Å². The summed E-state index contributed by atoms with van der Waals surface area (Å²) in [5.74, 6) is -0.983. The zero-order chi connectivity index (χ0) is 21.3. The van der Waals surface area contributed by atoms with Crippen LogP contribution in [-0.4, -0.2) is 41.9 Å². The molecule has 2 aromatic rings. The predicted molar refractivity (Wildman–Crippen MR) is 107 cm³/mol. The average Bonchev–Trinajstić information content (AvgIpc) is 3.22. The highest BCUT2D eigenvalue weighted by Gasteiger charge is 2.04. The van der Waals surface area contributed by atoms with Gasteiger partial charge in [0.05, 0.1) is 26.0 Å². The van der Waals surface area contributed by atoms with E-state index in [2.05, 4.69) is 5.32 Å². The van der Waals surface area contributed by atoms with Crippen LogP contribution in [0.5, 0.6) is 11.5 Å². The van der Waals surface area contributed by atoms with Crippen LogP contribution >= 0.6 is 0 Å². The van der Waals surface area contributed by atoms with E-state index >= 15 is 0 Å². The summed E-state index contributed by atoms with van der Waals surface area (Å²) in [6, 6.07) is 11.8. The number of aliphatic carboxylic acids is 2. The van der Waals surface area contributed by atoms with E-state index < -0.39 is 11.9 Å². The van der Waals surface area contributed by atoms with Crippen molar-refractivity contribution in [2.75, 3.05) is 19.8 Å². The fraction of sp³-hybridized carbons (Fsp3) is 0.429. The van der Waals surface area contributed by atoms with E-state index in [1.165, 1.54) is 19.3 Å². The van der Waals surface area contributed by atoms with E-state index in [1.54, 1.807) is 6.26 Å². The van der Waals surface area contributed by atoms with E-state index in [-0.39, 0.29) is 0 Å². The molecular weight excluding hydrogens is 378 g/mol. The summed E-state index contributed by atoms with van der Waals surface area (Å²) in [4.78, 5) is 18.2. The summed E-state index contributed by atoms with van der Waals surface area (Å²) >= 11 is 0. The molecule has 0 unspecified atom stereocenters. The highest BCUT2D eigenvalue weighted by Crippen LogP contribution is 2.26. The molecular formula is C21H29NO7. The number of carboxylic acids is 2. The number of nitrogens with one attached hydrogen (secondary N) is 1. The number of rotatable bonds is 12. The van der Waals surface area contributed by atoms with Crippen LogP contribution in [0.1, 0.15) is 38.4 Å². The predicted octanol–water partition coefficient (Wildman–Crippen LogP) is 3.56. The normalized spacial score (nSPS) is 9.97. The SMILES string of the molecule is CCOc1ccccc1OCCCCCCNCc1ccco1.O=C(O)C(=O)O. The summed E-state index contributed by atoms with van der Waals surface area (Å²) in [6.07, 6.45) is 6.34. The van der Waals surface area contributed by atoms with Crippen molar-refractivity contribution in [3.8, 4) is 11.5 Å². The first-order valence-corrected chi connectivity index (χ1v) is 9.58. The van der Waals surface area contributed by atoms with Gasteiger partial charge in [0, 0.05) is 0 Å². The van der Waals surface area contributed by atoms with Gasteiger partial charge in [-0.25, -0.2) is 9.59 Å². The Labute approximate surface area is 170 Å². The first kappa shape index (κ1) is 24.0. The number of carbonyl (C=O) groups is 2. The van der Waals surface area contributed by atoms with Crippen molar-refractivity contribution in [1.29, 1.82) is 0 Å². The number of unbranched alkanes of at least 4 members (excludes halogenated alkanes) is 3. The van der Waals surface area contributed by atoms with Crippen molar-refractivity contribution in [1.82, 2.24) is 5.32 Å². The number of para-hydroxylation sites is 2. The van der Waals surface area contributed by atoms with Crippen molar-refractivity contribution in [3.63, 3.8) is 0 Å². The maximum atomic E-state index is 9.10. The third-order valence-corrected chi connectivity index (χ3v) is 3.72. The molecule has 0 fully saturated rings. The molecule has 29 heavy (non-hydrogen) atoms. The zero-order valence-electron chi connectivity index (χ0n) is 16.6. The lowest BCUT2D eigenvalue weighted by Gasteiger charge is -2.11. The monoisotopic (exact) mass is 407 g/mol. The van der Waals surface area contributed by atoms with Gasteiger partial charge in [-0.1, -0.05) is 25.0 Å². The summed E-state index contributed by atoms with van der Waals surface area (Å²) in [7, 11) is 0. The molecule has 160 valence electrons. The van der Waals surface area contributed by atoms with Gasteiger partial charge in [-0.3, -0.25) is 0 Å². The van der Waals surface area contributed by atoms with Crippen LogP contribution in [-0.2, 0) is 16.1 Å². The third kappa shape index (κ3) is 11.4. The highest BCUT2D eigenvalue weighted by molar-refractivity contribution is 6.27. The molecule has 8 heteroatoms. The van der Waals surface area contributed by atoms with Crippen molar-refractivity contribution in [3.05, 3.63) is 48.4 Å². The van der Waals surface area contributed by atoms with Crippen LogP contribution in [0.15, 0.2) is 47.1 Å². The number of furan rings is 1. The summed E-state index contributed by atoms with van der Waals surface area (Å²) in [5, 5.41) is 18.2. The molecule has 0 aliphatic heterocycles. The second kappa shape index (κ2) is 15.0. The summed E-state index contributed by atoms with van der Waals surface area (Å²) in [5.41, 5.74) is 0. The second-order valence-electron chi connectivity index (χ2n) is 6.01. The van der Waals surface area contributed by atoms with Gasteiger partial charge in [0.15, 0.2) is 11.5 Å². The fourth-order valence-corrected chi connectivity index (χ4v) is 2.36. The van der Waals surface area contributed by atoms with E-state index in [9.17, 15) is 0 Å². The maximum Gasteiger partial charge on any atom is 0.414 e. The van der Waals surface area contributed by atoms with Crippen molar-refractivity contribution in [2.24, 2.45) is 0 Å². The molecule has 3 N–H and O–H groups in total. The summed E-state index contributed by atoms with van der Waals surface area (Å²) < 4.78 is 16.6. The maximum absolute atomic E-state index is 9.10. The van der Waals surface area contributed by atoms with Crippen LogP contribution < -0.4 is 14.8 Å². The fourth-order valence-electron chi connectivity index (χ4n) is 2.36. The quantitative estimate of drug-likeness (QED) is 0.361. The molecule has 0 amide bonds. The van der Waals surface area contributed by atoms with Crippen molar-refractivity contribution >= 4 is 11.9 Å². The van der Waals surface area contributed by atoms with E-state index in [0.717, 1.165) is 43.4 Å². The molecule has 2 rings (SSSR count). The first-order chi connectivity index (χ1) is 14.0. The summed E-state index contributed by atoms with van der Waals surface area (Å²) in [6.45, 7) is 5.21. The van der Waals surface area contributed by atoms with Crippen LogP contribution in [0.25, 0.3) is 0 Å². The van der Waals surface area contributed by atoms with E-state index in [4.69, 9.17) is 33.7 Å². The molecule has 0 radical (unpaired) electrons. The van der Waals surface area contributed by atoms with Crippen LogP contribution in [0.3, 0.4) is 0 Å². The topological polar surface area (TPSA) is 118 Å². The molecule has 0 atom stereocenters. The van der Waals surface area contributed by atoms with E-state index in [1.807, 2.05) is 43.3 Å². The molecule has 0 saturated heterocycles. The molecule has 0 aliphatic rings. The average molecular weight is 407 g/mol. The van der Waals surface area contributed by atoms with Gasteiger partial charge in [-0.15, -0.1) is 0 Å². The molecule has 0 spiro atoms. The Morgan fingerprint density at radius 1 is 0.931 bits per heavy atom. The molecule has 1 aromatic heterocycles. The minimum atomic E-state index is -1.82. The number of carboxylic acid groups (broad SMARTS) is 2. The van der Waals surface area contributed by atoms with Crippen molar-refractivity contribution < 1.29 is 33.7 Å². The Morgan fingerprint density at radius 2 is 1.59 bits per heavy atom. The molecule has 1 aromatic carbocycles. The Kier molecular flexibility index (Phi) is 12.4. The lowest BCUT2D eigenvalue weighted by atomic mass is 10.2. The number of hydrogen-bond donors (Lipinski definition) is 3. The van der Waals surface area contributed by atoms with Gasteiger partial charge in [0.2, 0.25) is 0 Å². The standard InChI is InChI=1S/C19H27NO3.C2H2O4/c1-2-21-18-11-5-6-12-19(18)23-14-8-4-3-7-13-20-16-17-10-9-15-22-17;3-1(4)2(5)6/h5-6,9-12,15,20H,2-4,7-8,13-14,16H2,1H3;(H,3,4)(H,5,6). The van der Waals surface area contributed by atoms with Gasteiger partial charge in [0.25, 0.3) is 0 Å². The minimum absolute atomic E-state index is 0.658. The Bertz CT molecular complexity index is 689. The first-order valence-electron chi connectivity index (χ1n) is 9.58. The molecule has 0 aliphatic carbocycles.